The summed E-state index contributed by atoms with van der Waals surface area (Å²) < 4.78 is 41.6. The summed E-state index contributed by atoms with van der Waals surface area (Å²) in [5.74, 6) is -0.534. The zero-order valence-electron chi connectivity index (χ0n) is 24.6. The Kier molecular flexibility index (Phi) is 8.59. The number of carbonyl (C=O) groups excluding carboxylic acids is 2. The summed E-state index contributed by atoms with van der Waals surface area (Å²) >= 11 is 1.03. The molecule has 20 nitrogen and oxygen atoms in total. The summed E-state index contributed by atoms with van der Waals surface area (Å²) in [4.78, 5) is 40.5. The molecule has 0 radical (unpaired) electrons. The van der Waals surface area contributed by atoms with Crippen LogP contribution in [0.3, 0.4) is 0 Å². The second kappa shape index (κ2) is 12.6. The van der Waals surface area contributed by atoms with Crippen LogP contribution in [0.5, 0.6) is 5.75 Å². The van der Waals surface area contributed by atoms with Crippen LogP contribution >= 0.6 is 11.3 Å². The number of thiazole rings is 1. The van der Waals surface area contributed by atoms with Crippen LogP contribution < -0.4 is 26.4 Å². The number of amides is 2. The number of ether oxygens (including phenoxy) is 1. The fourth-order valence-corrected chi connectivity index (χ4v) is 5.64. The first kappa shape index (κ1) is 31.9. The summed E-state index contributed by atoms with van der Waals surface area (Å²) in [7, 11) is -4.99. The number of oxime groups is 1. The lowest BCUT2D eigenvalue weighted by atomic mass is 9.84. The molecule has 2 aliphatic heterocycles. The third-order valence-electron chi connectivity index (χ3n) is 7.22. The molecule has 47 heavy (non-hydrogen) atoms. The minimum atomic E-state index is -4.99. The van der Waals surface area contributed by atoms with E-state index in [2.05, 4.69) is 56.0 Å². The van der Waals surface area contributed by atoms with Gasteiger partial charge in [-0.2, -0.15) is 18.7 Å². The molecule has 22 heteroatoms. The number of hydrogen-bond donors (Lipinski definition) is 6. The molecule has 2 fully saturated rings. The summed E-state index contributed by atoms with van der Waals surface area (Å²) in [6.45, 7) is 4.43. The van der Waals surface area contributed by atoms with Gasteiger partial charge in [-0.1, -0.05) is 10.4 Å². The van der Waals surface area contributed by atoms with E-state index < -0.39 is 39.9 Å². The van der Waals surface area contributed by atoms with Crippen molar-refractivity contribution in [2.24, 2.45) is 5.16 Å². The quantitative estimate of drug-likeness (QED) is 0.0449. The number of nitrogens with zero attached hydrogens (tertiary/aromatic N) is 7. The molecule has 2 aliphatic rings. The maximum absolute atomic E-state index is 13.4. The number of carbonyl (C=O) groups is 2. The fourth-order valence-electron chi connectivity index (χ4n) is 4.64. The van der Waals surface area contributed by atoms with Crippen LogP contribution in [0, 0.1) is 0 Å². The zero-order valence-corrected chi connectivity index (χ0v) is 26.3. The normalized spacial score (nSPS) is 18.7. The minimum Gasteiger partial charge on any atom is -0.489 e. The number of pyridine rings is 1. The van der Waals surface area contributed by atoms with Gasteiger partial charge in [-0.15, -0.1) is 25.8 Å². The number of nitrogens with two attached hydrogens (primary N) is 1. The van der Waals surface area contributed by atoms with Gasteiger partial charge >= 0.3 is 10.4 Å². The molecule has 1 aromatic carbocycles. The van der Waals surface area contributed by atoms with Gasteiger partial charge in [-0.25, -0.2) is 9.97 Å². The number of rotatable bonds is 13. The molecule has 2 saturated heterocycles. The molecule has 0 spiro atoms. The van der Waals surface area contributed by atoms with E-state index in [9.17, 15) is 18.0 Å². The number of nitrogens with one attached hydrogen (secondary N) is 4. The summed E-state index contributed by atoms with van der Waals surface area (Å²) in [5, 5.41) is 29.7. The van der Waals surface area contributed by atoms with Crippen LogP contribution in [0.1, 0.15) is 31.5 Å². The summed E-state index contributed by atoms with van der Waals surface area (Å²) in [6.07, 6.45) is -1.08. The van der Waals surface area contributed by atoms with Crippen LogP contribution in [0.2, 0.25) is 0 Å². The van der Waals surface area contributed by atoms with Gasteiger partial charge in [-0.05, 0) is 44.2 Å². The highest BCUT2D eigenvalue weighted by Crippen LogP contribution is 2.33. The standard InChI is InChI=1S/C25H28N12O8S2/c1-25(2)20(23(39)37(25)45-47(40,41)42)31-22(38)19(16-11-46-24(26)30-16)34-44-17(21-32-35-36-33-21)10-43-14-4-5-15-12(7-14)3-6-18(29-15)28-13-8-27-9-13/h3-7,11,13,17,20,27H,8-10H2,1-2H3,(H2,26,30)(H,28,29)(H,31,38)(H,40,41,42)(H,32,33,35,36)/b34-19-/t17-,20-/m1/s1. The molecule has 248 valence electrons. The van der Waals surface area contributed by atoms with Crippen molar-refractivity contribution in [1.29, 1.82) is 0 Å². The first-order valence-corrected chi connectivity index (χ1v) is 16.1. The van der Waals surface area contributed by atoms with Gasteiger partial charge in [0.2, 0.25) is 11.9 Å². The van der Waals surface area contributed by atoms with Crippen molar-refractivity contribution >= 4 is 61.1 Å². The molecule has 6 rings (SSSR count). The molecule has 0 saturated carbocycles. The molecule has 0 aliphatic carbocycles. The Bertz CT molecular complexity index is 1930. The number of aromatic amines is 1. The van der Waals surface area contributed by atoms with Crippen molar-refractivity contribution in [3.05, 3.63) is 47.2 Å². The number of β-lactam (4-membered cyclic amide) rings is 1. The second-order valence-electron chi connectivity index (χ2n) is 10.9. The molecule has 0 bridgehead atoms. The smallest absolute Gasteiger partial charge is 0.418 e. The Morgan fingerprint density at radius 1 is 1.28 bits per heavy atom. The van der Waals surface area contributed by atoms with Crippen LogP contribution in [0.15, 0.2) is 40.9 Å². The SMILES string of the molecule is CC1(C)[C@H](NC(=O)/C(=N\O[C@H](COc2ccc3nc(NC4CNC4)ccc3c2)c2nn[nH]n2)c2csc(N)n2)C(=O)N1OS(=O)(=O)O. The second-order valence-corrected chi connectivity index (χ2v) is 12.8. The van der Waals surface area contributed by atoms with Gasteiger partial charge in [0.15, 0.2) is 10.8 Å². The average molecular weight is 689 g/mol. The van der Waals surface area contributed by atoms with Crippen molar-refractivity contribution < 1.29 is 36.4 Å². The van der Waals surface area contributed by atoms with Crippen molar-refractivity contribution in [1.82, 2.24) is 46.3 Å². The van der Waals surface area contributed by atoms with Crippen molar-refractivity contribution in [2.45, 2.75) is 37.6 Å². The molecule has 5 heterocycles. The summed E-state index contributed by atoms with van der Waals surface area (Å²) in [6, 6.07) is 8.25. The predicted molar refractivity (Wildman–Crippen MR) is 164 cm³/mol. The van der Waals surface area contributed by atoms with Crippen molar-refractivity contribution in [3.8, 4) is 5.75 Å². The van der Waals surface area contributed by atoms with Gasteiger partial charge < -0.3 is 31.3 Å². The highest BCUT2D eigenvalue weighted by Gasteiger charge is 2.58. The molecular formula is C25H28N12O8S2. The molecular weight excluding hydrogens is 660 g/mol. The van der Waals surface area contributed by atoms with E-state index in [4.69, 9.17) is 19.9 Å². The predicted octanol–water partition coefficient (Wildman–Crippen LogP) is -0.449. The number of nitrogen functional groups attached to an aromatic ring is 1. The maximum Gasteiger partial charge on any atom is 0.418 e. The van der Waals surface area contributed by atoms with Gasteiger partial charge in [0, 0.05) is 23.9 Å². The lowest BCUT2D eigenvalue weighted by Crippen LogP contribution is -2.76. The Balaban J connectivity index is 1.18. The highest BCUT2D eigenvalue weighted by molar-refractivity contribution is 7.80. The highest BCUT2D eigenvalue weighted by atomic mass is 32.3. The largest absolute Gasteiger partial charge is 0.489 e. The van der Waals surface area contributed by atoms with Crippen LogP contribution in [0.4, 0.5) is 10.9 Å². The number of fused-ring (bicyclic) bond motifs is 1. The van der Waals surface area contributed by atoms with E-state index in [0.29, 0.717) is 16.9 Å². The maximum atomic E-state index is 13.4. The Labute approximate surface area is 270 Å². The molecule has 7 N–H and O–H groups in total. The number of aromatic nitrogens is 6. The number of hydrogen-bond acceptors (Lipinski definition) is 17. The third-order valence-corrected chi connectivity index (χ3v) is 8.23. The van der Waals surface area contributed by atoms with Crippen LogP contribution in [-0.4, -0.2) is 103 Å². The number of benzene rings is 1. The minimum absolute atomic E-state index is 0.0258. The van der Waals surface area contributed by atoms with Gasteiger partial charge in [0.1, 0.15) is 29.9 Å². The molecule has 2 amide bonds. The van der Waals surface area contributed by atoms with E-state index in [-0.39, 0.29) is 29.0 Å². The van der Waals surface area contributed by atoms with E-state index in [1.165, 1.54) is 19.2 Å². The van der Waals surface area contributed by atoms with Crippen LogP contribution in [-0.2, 0) is 29.1 Å². The zero-order chi connectivity index (χ0) is 33.3. The van der Waals surface area contributed by atoms with Gasteiger partial charge in [0.05, 0.1) is 17.1 Å². The number of tetrazole rings is 1. The average Bonchev–Trinajstić information content (AvgIpc) is 3.70. The molecule has 4 aromatic rings. The third kappa shape index (κ3) is 7.05. The van der Waals surface area contributed by atoms with Crippen molar-refractivity contribution in [2.75, 3.05) is 30.7 Å². The van der Waals surface area contributed by atoms with E-state index in [0.717, 1.165) is 41.1 Å². The fraction of sp³-hybridized carbons (Fsp3) is 0.360. The van der Waals surface area contributed by atoms with Gasteiger partial charge in [-0.3, -0.25) is 14.1 Å². The van der Waals surface area contributed by atoms with E-state index in [1.807, 2.05) is 18.2 Å². The van der Waals surface area contributed by atoms with E-state index >= 15 is 0 Å². The first-order valence-electron chi connectivity index (χ1n) is 13.9. The monoisotopic (exact) mass is 688 g/mol. The molecule has 3 aromatic heterocycles. The first-order chi connectivity index (χ1) is 22.4. The van der Waals surface area contributed by atoms with Gasteiger partial charge in [0.25, 0.3) is 11.8 Å². The summed E-state index contributed by atoms with van der Waals surface area (Å²) in [5.41, 5.74) is 4.82. The van der Waals surface area contributed by atoms with Crippen molar-refractivity contribution in [3.63, 3.8) is 0 Å². The Morgan fingerprint density at radius 3 is 2.72 bits per heavy atom. The lowest BCUT2D eigenvalue weighted by Gasteiger charge is -2.50. The number of H-pyrrole nitrogens is 1. The Hall–Kier alpha value is -5.03. The number of anilines is 2. The molecule has 0 unspecified atom stereocenters. The van der Waals surface area contributed by atoms with E-state index in [1.54, 1.807) is 12.1 Å². The molecule has 2 atom stereocenters. The lowest BCUT2D eigenvalue weighted by molar-refractivity contribution is -0.218. The van der Waals surface area contributed by atoms with Crippen LogP contribution in [0.25, 0.3) is 10.9 Å². The number of hydroxylamine groups is 2. The Morgan fingerprint density at radius 2 is 2.09 bits per heavy atom. The topological polar surface area (TPSA) is 274 Å².